The molecule has 1 atom stereocenters. The summed E-state index contributed by atoms with van der Waals surface area (Å²) in [4.78, 5) is 12.5. The highest BCUT2D eigenvalue weighted by molar-refractivity contribution is 5.68. The number of halogens is 3. The first kappa shape index (κ1) is 14.6. The number of nitrogens with zero attached hydrogens (tertiary/aromatic N) is 1. The lowest BCUT2D eigenvalue weighted by Crippen LogP contribution is -2.48. The molecule has 0 radical (unpaired) electrons. The number of β-amino-alcohol motifs (C(OH)–C–C–N with tert-alkyl or cyclic N) is 1. The molecule has 0 saturated carbocycles. The van der Waals surface area contributed by atoms with Crippen LogP contribution in [0.2, 0.25) is 0 Å². The average Bonchev–Trinajstić information content (AvgIpc) is 2.81. The molecule has 7 heteroatoms. The maximum atomic E-state index is 12.6. The highest BCUT2D eigenvalue weighted by Crippen LogP contribution is 2.37. The summed E-state index contributed by atoms with van der Waals surface area (Å²) in [5, 5.41) is 9.46. The number of amides is 1. The fourth-order valence-corrected chi connectivity index (χ4v) is 1.99. The van der Waals surface area contributed by atoms with Crippen molar-refractivity contribution >= 4 is 6.09 Å². The largest absolute Gasteiger partial charge is 0.445 e. The molecule has 1 aromatic carbocycles. The normalized spacial score (nSPS) is 22.9. The van der Waals surface area contributed by atoms with Crippen LogP contribution in [0, 0.1) is 0 Å². The average molecular weight is 289 g/mol. The lowest BCUT2D eigenvalue weighted by atomic mass is 10.0. The van der Waals surface area contributed by atoms with Crippen LogP contribution in [0.1, 0.15) is 12.0 Å². The van der Waals surface area contributed by atoms with E-state index in [2.05, 4.69) is 0 Å². The molecule has 1 unspecified atom stereocenters. The van der Waals surface area contributed by atoms with Crippen LogP contribution in [0.4, 0.5) is 18.0 Å². The first-order valence-corrected chi connectivity index (χ1v) is 6.06. The Morgan fingerprint density at radius 1 is 1.35 bits per heavy atom. The molecule has 0 spiro atoms. The van der Waals surface area contributed by atoms with Gasteiger partial charge in [-0.25, -0.2) is 4.79 Å². The van der Waals surface area contributed by atoms with Gasteiger partial charge in [-0.3, -0.25) is 0 Å². The van der Waals surface area contributed by atoms with Crippen LogP contribution in [0.15, 0.2) is 30.3 Å². The van der Waals surface area contributed by atoms with E-state index >= 15 is 0 Å². The molecule has 20 heavy (non-hydrogen) atoms. The first-order chi connectivity index (χ1) is 9.32. The van der Waals surface area contributed by atoms with Crippen LogP contribution in [-0.2, 0) is 11.3 Å². The van der Waals surface area contributed by atoms with E-state index in [1.807, 2.05) is 0 Å². The van der Waals surface area contributed by atoms with E-state index in [1.54, 1.807) is 30.3 Å². The molecule has 2 rings (SSSR count). The van der Waals surface area contributed by atoms with Gasteiger partial charge in [0.05, 0.1) is 6.54 Å². The third kappa shape index (κ3) is 3.04. The first-order valence-electron chi connectivity index (χ1n) is 6.06. The maximum Gasteiger partial charge on any atom is 0.419 e. The molecule has 110 valence electrons. The summed E-state index contributed by atoms with van der Waals surface area (Å²) >= 11 is 0. The van der Waals surface area contributed by atoms with E-state index in [9.17, 15) is 23.1 Å². The summed E-state index contributed by atoms with van der Waals surface area (Å²) in [6.07, 6.45) is -6.13. The molecule has 0 aromatic heterocycles. The second kappa shape index (κ2) is 5.32. The van der Waals surface area contributed by atoms with Gasteiger partial charge in [0.15, 0.2) is 5.60 Å². The van der Waals surface area contributed by atoms with Crippen molar-refractivity contribution < 1.29 is 27.8 Å². The van der Waals surface area contributed by atoms with E-state index in [0.717, 1.165) is 10.5 Å². The van der Waals surface area contributed by atoms with E-state index in [4.69, 9.17) is 4.74 Å². The molecule has 4 nitrogen and oxygen atoms in total. The Labute approximate surface area is 113 Å². The van der Waals surface area contributed by atoms with Crippen molar-refractivity contribution in [3.63, 3.8) is 0 Å². The van der Waals surface area contributed by atoms with Crippen molar-refractivity contribution in [2.24, 2.45) is 0 Å². The number of ether oxygens (including phenoxy) is 1. The summed E-state index contributed by atoms with van der Waals surface area (Å²) in [7, 11) is 0. The molecule has 1 aromatic rings. The van der Waals surface area contributed by atoms with Crippen molar-refractivity contribution in [3.8, 4) is 0 Å². The van der Waals surface area contributed by atoms with E-state index in [0.29, 0.717) is 0 Å². The Hall–Kier alpha value is -1.76. The highest BCUT2D eigenvalue weighted by Gasteiger charge is 2.58. The van der Waals surface area contributed by atoms with Crippen LogP contribution < -0.4 is 0 Å². The van der Waals surface area contributed by atoms with E-state index in [-0.39, 0.29) is 13.2 Å². The number of hydrogen-bond acceptors (Lipinski definition) is 3. The second-order valence-electron chi connectivity index (χ2n) is 4.74. The Kier molecular flexibility index (Phi) is 3.89. The monoisotopic (exact) mass is 289 g/mol. The van der Waals surface area contributed by atoms with Gasteiger partial charge in [-0.05, 0) is 5.56 Å². The zero-order valence-corrected chi connectivity index (χ0v) is 10.6. The molecule has 1 amide bonds. The quantitative estimate of drug-likeness (QED) is 0.909. The number of rotatable bonds is 2. The molecule has 0 bridgehead atoms. The fourth-order valence-electron chi connectivity index (χ4n) is 1.99. The molecular weight excluding hydrogens is 275 g/mol. The minimum Gasteiger partial charge on any atom is -0.445 e. The van der Waals surface area contributed by atoms with Crippen LogP contribution in [0.3, 0.4) is 0 Å². The van der Waals surface area contributed by atoms with Gasteiger partial charge in [0.25, 0.3) is 0 Å². The standard InChI is InChI=1S/C13H14F3NO3/c14-13(15,16)12(19)6-7-17(9-12)11(18)20-8-10-4-2-1-3-5-10/h1-5,19H,6-9H2. The topological polar surface area (TPSA) is 49.8 Å². The number of alkyl halides is 3. The molecule has 1 aliphatic heterocycles. The van der Waals surface area contributed by atoms with Gasteiger partial charge in [-0.2, -0.15) is 13.2 Å². The number of benzene rings is 1. The summed E-state index contributed by atoms with van der Waals surface area (Å²) < 4.78 is 42.7. The lowest BCUT2D eigenvalue weighted by molar-refractivity contribution is -0.253. The second-order valence-corrected chi connectivity index (χ2v) is 4.74. The SMILES string of the molecule is O=C(OCc1ccccc1)N1CCC(O)(C(F)(F)F)C1. The fraction of sp³-hybridized carbons (Fsp3) is 0.462. The van der Waals surface area contributed by atoms with Crippen molar-refractivity contribution in [2.75, 3.05) is 13.1 Å². The van der Waals surface area contributed by atoms with Crippen LogP contribution in [-0.4, -0.2) is 41.0 Å². The predicted octanol–water partition coefficient (Wildman–Crippen LogP) is 2.32. The van der Waals surface area contributed by atoms with E-state index < -0.39 is 30.8 Å². The van der Waals surface area contributed by atoms with Gasteiger partial charge in [0.1, 0.15) is 6.61 Å². The van der Waals surface area contributed by atoms with Gasteiger partial charge in [0, 0.05) is 13.0 Å². The lowest BCUT2D eigenvalue weighted by Gasteiger charge is -2.25. The number of likely N-dealkylation sites (tertiary alicyclic amines) is 1. The van der Waals surface area contributed by atoms with Crippen LogP contribution in [0.5, 0.6) is 0 Å². The summed E-state index contributed by atoms with van der Waals surface area (Å²) in [5.74, 6) is 0. The zero-order valence-electron chi connectivity index (χ0n) is 10.6. The van der Waals surface area contributed by atoms with Gasteiger partial charge >= 0.3 is 12.3 Å². The van der Waals surface area contributed by atoms with Crippen molar-refractivity contribution in [1.29, 1.82) is 0 Å². The predicted molar refractivity (Wildman–Crippen MR) is 63.8 cm³/mol. The minimum atomic E-state index is -4.75. The molecular formula is C13H14F3NO3. The number of aliphatic hydroxyl groups is 1. The number of carbonyl (C=O) groups excluding carboxylic acids is 1. The van der Waals surface area contributed by atoms with Gasteiger partial charge in [-0.15, -0.1) is 0 Å². The summed E-state index contributed by atoms with van der Waals surface area (Å²) in [5.41, 5.74) is -2.09. The molecule has 1 aliphatic rings. The van der Waals surface area contributed by atoms with Crippen LogP contribution in [0.25, 0.3) is 0 Å². The zero-order chi connectivity index (χ0) is 14.8. The van der Waals surface area contributed by atoms with E-state index in [1.165, 1.54) is 0 Å². The highest BCUT2D eigenvalue weighted by atomic mass is 19.4. The molecule has 1 N–H and O–H groups in total. The van der Waals surface area contributed by atoms with Gasteiger partial charge < -0.3 is 14.7 Å². The third-order valence-corrected chi connectivity index (χ3v) is 3.24. The number of carbonyl (C=O) groups is 1. The summed E-state index contributed by atoms with van der Waals surface area (Å²) in [6.45, 7) is -0.978. The third-order valence-electron chi connectivity index (χ3n) is 3.24. The minimum absolute atomic E-state index is 0.0133. The smallest absolute Gasteiger partial charge is 0.419 e. The Bertz CT molecular complexity index is 477. The van der Waals surface area contributed by atoms with Gasteiger partial charge in [-0.1, -0.05) is 30.3 Å². The van der Waals surface area contributed by atoms with Crippen LogP contribution >= 0.6 is 0 Å². The Balaban J connectivity index is 1.89. The molecule has 0 aliphatic carbocycles. The molecule has 1 heterocycles. The summed E-state index contributed by atoms with van der Waals surface area (Å²) in [6, 6.07) is 8.81. The molecule has 1 saturated heterocycles. The maximum absolute atomic E-state index is 12.6. The van der Waals surface area contributed by atoms with Crippen molar-refractivity contribution in [3.05, 3.63) is 35.9 Å². The van der Waals surface area contributed by atoms with Crippen molar-refractivity contribution in [1.82, 2.24) is 4.90 Å². The Morgan fingerprint density at radius 2 is 2.00 bits per heavy atom. The Morgan fingerprint density at radius 3 is 2.55 bits per heavy atom. The van der Waals surface area contributed by atoms with Gasteiger partial charge in [0.2, 0.25) is 0 Å². The molecule has 1 fully saturated rings. The number of hydrogen-bond donors (Lipinski definition) is 1. The van der Waals surface area contributed by atoms with Crippen molar-refractivity contribution in [2.45, 2.75) is 24.8 Å².